The van der Waals surface area contributed by atoms with E-state index in [4.69, 9.17) is 14.4 Å². The highest BCUT2D eigenvalue weighted by atomic mass is 19.4. The highest BCUT2D eigenvalue weighted by Gasteiger charge is 2.38. The number of carboxylic acids is 1. The van der Waals surface area contributed by atoms with Gasteiger partial charge >= 0.3 is 18.3 Å². The van der Waals surface area contributed by atoms with Crippen molar-refractivity contribution in [3.05, 3.63) is 29.8 Å². The Bertz CT molecular complexity index is 680. The molecule has 132 valence electrons. The molecule has 13 heteroatoms. The van der Waals surface area contributed by atoms with Crippen molar-refractivity contribution in [2.24, 2.45) is 0 Å². The summed E-state index contributed by atoms with van der Waals surface area (Å²) in [5.74, 6) is -2.30. The Morgan fingerprint density at radius 2 is 1.79 bits per heavy atom. The van der Waals surface area contributed by atoms with Crippen molar-refractivity contribution >= 4 is 5.97 Å². The zero-order valence-electron chi connectivity index (χ0n) is 11.5. The van der Waals surface area contributed by atoms with Crippen LogP contribution >= 0.6 is 0 Å². The molecule has 2 rings (SSSR count). The first kappa shape index (κ1) is 19.3. The third kappa shape index (κ3) is 5.49. The zero-order chi connectivity index (χ0) is 18.5. The van der Waals surface area contributed by atoms with Crippen LogP contribution in [0.25, 0.3) is 11.5 Å². The summed E-state index contributed by atoms with van der Waals surface area (Å²) in [6.07, 6.45) is -8.75. The molecule has 2 aromatic rings. The molecule has 0 aliphatic carbocycles. The van der Waals surface area contributed by atoms with Crippen LogP contribution < -0.4 is 5.73 Å². The molecule has 0 fully saturated rings. The lowest BCUT2D eigenvalue weighted by atomic mass is 10.2. The van der Waals surface area contributed by atoms with E-state index < -0.39 is 23.9 Å². The predicted molar refractivity (Wildman–Crippen MR) is 62.8 cm³/mol. The Balaban J connectivity index is 0.000000351. The maximum absolute atomic E-state index is 12.3. The number of hydrogen-bond donors (Lipinski definition) is 2. The van der Waals surface area contributed by atoms with Gasteiger partial charge in [-0.3, -0.25) is 4.98 Å². The van der Waals surface area contributed by atoms with Gasteiger partial charge in [0, 0.05) is 6.20 Å². The topological polar surface area (TPSA) is 117 Å². The van der Waals surface area contributed by atoms with Crippen LogP contribution in [0.2, 0.25) is 0 Å². The Kier molecular flexibility index (Phi) is 5.84. The Morgan fingerprint density at radius 3 is 2.12 bits per heavy atom. The van der Waals surface area contributed by atoms with Gasteiger partial charge in [-0.15, -0.1) is 0 Å². The van der Waals surface area contributed by atoms with Crippen LogP contribution in [0.15, 0.2) is 22.9 Å². The van der Waals surface area contributed by atoms with E-state index in [1.54, 1.807) is 0 Å². The molecular formula is C11H9F6N4O3+. The van der Waals surface area contributed by atoms with Gasteiger partial charge < -0.3 is 15.4 Å². The summed E-state index contributed by atoms with van der Waals surface area (Å²) < 4.78 is 73.4. The molecule has 0 atom stereocenters. The van der Waals surface area contributed by atoms with Crippen molar-refractivity contribution in [1.29, 1.82) is 0 Å². The minimum atomic E-state index is -5.08. The second-order valence-electron chi connectivity index (χ2n) is 3.99. The molecule has 2 aromatic heterocycles. The van der Waals surface area contributed by atoms with E-state index in [2.05, 4.69) is 20.9 Å². The largest absolute Gasteiger partial charge is 0.490 e. The molecule has 24 heavy (non-hydrogen) atoms. The van der Waals surface area contributed by atoms with E-state index in [1.165, 1.54) is 6.07 Å². The highest BCUT2D eigenvalue weighted by molar-refractivity contribution is 5.73. The molecule has 0 spiro atoms. The number of rotatable bonds is 2. The fourth-order valence-electron chi connectivity index (χ4n) is 1.15. The van der Waals surface area contributed by atoms with Gasteiger partial charge in [-0.1, -0.05) is 5.16 Å². The summed E-state index contributed by atoms with van der Waals surface area (Å²) in [4.78, 5) is 16.4. The summed E-state index contributed by atoms with van der Waals surface area (Å²) in [7, 11) is 0. The average Bonchev–Trinajstić information content (AvgIpc) is 2.95. The summed E-state index contributed by atoms with van der Waals surface area (Å²) >= 11 is 0. The molecule has 0 unspecified atom stereocenters. The summed E-state index contributed by atoms with van der Waals surface area (Å²) in [6.45, 7) is 0.313. The van der Waals surface area contributed by atoms with Gasteiger partial charge in [0.05, 0.1) is 5.56 Å². The van der Waals surface area contributed by atoms with E-state index in [9.17, 15) is 26.3 Å². The number of pyridine rings is 1. The SMILES string of the molecule is O=C(O)C(F)(F)F.[NH3+]Cc1nc(-c2ccc(C(F)(F)F)cn2)no1. The lowest BCUT2D eigenvalue weighted by Gasteiger charge is -2.05. The average molecular weight is 359 g/mol. The molecular weight excluding hydrogens is 350 g/mol. The number of halogens is 6. The molecule has 0 saturated carbocycles. The van der Waals surface area contributed by atoms with Crippen molar-refractivity contribution in [3.8, 4) is 11.5 Å². The number of nitrogens with zero attached hydrogens (tertiary/aromatic N) is 3. The fraction of sp³-hybridized carbons (Fsp3) is 0.273. The maximum atomic E-state index is 12.3. The zero-order valence-corrected chi connectivity index (χ0v) is 11.5. The summed E-state index contributed by atoms with van der Waals surface area (Å²) in [5, 5.41) is 10.7. The standard InChI is InChI=1S/C9H7F3N4O.C2HF3O2/c10-9(11,12)5-1-2-6(14-4-5)8-15-7(3-13)17-16-8;3-2(4,5)1(6)7/h1-2,4H,3,13H2;(H,6,7)/p+1. The number of carboxylic acid groups (broad SMARTS) is 1. The fourth-order valence-corrected chi connectivity index (χ4v) is 1.15. The van der Waals surface area contributed by atoms with Crippen LogP contribution in [0.3, 0.4) is 0 Å². The molecule has 0 bridgehead atoms. The van der Waals surface area contributed by atoms with Gasteiger partial charge in [0.2, 0.25) is 5.82 Å². The van der Waals surface area contributed by atoms with E-state index >= 15 is 0 Å². The Hall–Kier alpha value is -2.70. The molecule has 0 amide bonds. The van der Waals surface area contributed by atoms with E-state index in [-0.39, 0.29) is 11.5 Å². The third-order valence-corrected chi connectivity index (χ3v) is 2.24. The normalized spacial score (nSPS) is 11.6. The number of alkyl halides is 6. The van der Waals surface area contributed by atoms with Gasteiger partial charge in [-0.25, -0.2) is 4.79 Å². The van der Waals surface area contributed by atoms with Gasteiger partial charge in [-0.2, -0.15) is 31.3 Å². The van der Waals surface area contributed by atoms with E-state index in [0.29, 0.717) is 12.4 Å². The Labute approximate surface area is 129 Å². The van der Waals surface area contributed by atoms with E-state index in [1.807, 2.05) is 0 Å². The molecule has 0 aliphatic heterocycles. The molecule has 0 radical (unpaired) electrons. The first-order chi connectivity index (χ1) is 10.9. The summed E-state index contributed by atoms with van der Waals surface area (Å²) in [6, 6.07) is 2.11. The van der Waals surface area contributed by atoms with E-state index in [0.717, 1.165) is 12.3 Å². The first-order valence-corrected chi connectivity index (χ1v) is 5.90. The predicted octanol–water partition coefficient (Wildman–Crippen LogP) is 1.53. The van der Waals surface area contributed by atoms with Crippen LogP contribution in [0.4, 0.5) is 26.3 Å². The molecule has 0 saturated heterocycles. The van der Waals surface area contributed by atoms with Crippen LogP contribution in [0, 0.1) is 0 Å². The van der Waals surface area contributed by atoms with Gasteiger partial charge in [0.25, 0.3) is 5.89 Å². The minimum absolute atomic E-state index is 0.150. The molecule has 2 heterocycles. The number of hydrogen-bond acceptors (Lipinski definition) is 5. The van der Waals surface area contributed by atoms with Gasteiger partial charge in [0.15, 0.2) is 6.54 Å². The van der Waals surface area contributed by atoms with Crippen molar-refractivity contribution in [1.82, 2.24) is 15.1 Å². The first-order valence-electron chi connectivity index (χ1n) is 5.90. The van der Waals surface area contributed by atoms with Crippen molar-refractivity contribution in [2.75, 3.05) is 0 Å². The molecule has 4 N–H and O–H groups in total. The van der Waals surface area contributed by atoms with Crippen molar-refractivity contribution < 1.29 is 46.5 Å². The number of aromatic nitrogens is 3. The lowest BCUT2D eigenvalue weighted by molar-refractivity contribution is -0.391. The second-order valence-corrected chi connectivity index (χ2v) is 3.99. The minimum Gasteiger partial charge on any atom is -0.475 e. The van der Waals surface area contributed by atoms with Crippen molar-refractivity contribution in [2.45, 2.75) is 18.9 Å². The number of carbonyl (C=O) groups is 1. The van der Waals surface area contributed by atoms with Gasteiger partial charge in [-0.05, 0) is 12.1 Å². The second kappa shape index (κ2) is 7.25. The highest BCUT2D eigenvalue weighted by Crippen LogP contribution is 2.29. The van der Waals surface area contributed by atoms with Crippen molar-refractivity contribution in [3.63, 3.8) is 0 Å². The lowest BCUT2D eigenvalue weighted by Crippen LogP contribution is -2.47. The van der Waals surface area contributed by atoms with Crippen LogP contribution in [-0.4, -0.2) is 32.4 Å². The quantitative estimate of drug-likeness (QED) is 0.786. The van der Waals surface area contributed by atoms with Crippen LogP contribution in [0.5, 0.6) is 0 Å². The third-order valence-electron chi connectivity index (χ3n) is 2.24. The monoisotopic (exact) mass is 359 g/mol. The smallest absolute Gasteiger partial charge is 0.475 e. The molecule has 7 nitrogen and oxygen atoms in total. The maximum Gasteiger partial charge on any atom is 0.490 e. The molecule has 0 aliphatic rings. The number of aliphatic carboxylic acids is 1. The van der Waals surface area contributed by atoms with Crippen LogP contribution in [-0.2, 0) is 17.5 Å². The molecule has 0 aromatic carbocycles. The van der Waals surface area contributed by atoms with Gasteiger partial charge in [0.1, 0.15) is 5.69 Å². The van der Waals surface area contributed by atoms with Crippen LogP contribution in [0.1, 0.15) is 11.5 Å². The Morgan fingerprint density at radius 1 is 1.21 bits per heavy atom. The summed E-state index contributed by atoms with van der Waals surface area (Å²) in [5.41, 5.74) is 2.95. The number of quaternary nitrogens is 1.